The van der Waals surface area contributed by atoms with Crippen LogP contribution in [0, 0.1) is 6.92 Å². The van der Waals surface area contributed by atoms with Gasteiger partial charge in [-0.1, -0.05) is 19.1 Å². The van der Waals surface area contributed by atoms with E-state index in [1.165, 1.54) is 11.3 Å². The summed E-state index contributed by atoms with van der Waals surface area (Å²) in [7, 11) is 1.70. The molecule has 1 heterocycles. The van der Waals surface area contributed by atoms with E-state index in [4.69, 9.17) is 4.74 Å². The molecule has 2 aromatic rings. The number of hydrogen-bond donors (Lipinski definition) is 1. The molecule has 1 aromatic heterocycles. The maximum absolute atomic E-state index is 5.20. The highest BCUT2D eigenvalue weighted by molar-refractivity contribution is 7.09. The number of aryl methyl sites for hydroxylation is 1. The smallest absolute Gasteiger partial charge is 0.118 e. The summed E-state index contributed by atoms with van der Waals surface area (Å²) < 4.78 is 5.20. The first-order valence-corrected chi connectivity index (χ1v) is 8.26. The summed E-state index contributed by atoms with van der Waals surface area (Å²) in [6.45, 7) is 7.51. The summed E-state index contributed by atoms with van der Waals surface area (Å²) in [4.78, 5) is 4.49. The molecular formula is C17H24N2OS. The first-order chi connectivity index (χ1) is 10.1. The molecule has 4 heteroatoms. The second-order valence-corrected chi connectivity index (χ2v) is 6.47. The lowest BCUT2D eigenvalue weighted by atomic mass is 9.94. The van der Waals surface area contributed by atoms with Crippen molar-refractivity contribution in [2.45, 2.75) is 39.2 Å². The highest BCUT2D eigenvalue weighted by atomic mass is 32.1. The number of hydrogen-bond acceptors (Lipinski definition) is 4. The molecule has 2 atom stereocenters. The third-order valence-electron chi connectivity index (χ3n) is 3.91. The van der Waals surface area contributed by atoms with Crippen LogP contribution in [0.3, 0.4) is 0 Å². The molecule has 0 aliphatic carbocycles. The van der Waals surface area contributed by atoms with Gasteiger partial charge in [-0.25, -0.2) is 4.98 Å². The standard InChI is InChI=1S/C17H24N2OS/c1-12(15-5-7-17(20-4)8-6-15)13(2)18-10-9-16-11-21-14(3)19-16/h5-8,11-13,18H,9-10H2,1-4H3/t12-,13+/m0/s1. The van der Waals surface area contributed by atoms with Crippen LogP contribution in [0.1, 0.15) is 36.0 Å². The van der Waals surface area contributed by atoms with E-state index in [2.05, 4.69) is 48.6 Å². The molecule has 0 radical (unpaired) electrons. The van der Waals surface area contributed by atoms with E-state index in [1.54, 1.807) is 18.4 Å². The molecule has 0 spiro atoms. The second kappa shape index (κ2) is 7.57. The SMILES string of the molecule is COc1ccc([C@@H](C)[C@@H](C)NCCc2csc(C)n2)cc1. The van der Waals surface area contributed by atoms with Crippen LogP contribution in [-0.2, 0) is 6.42 Å². The summed E-state index contributed by atoms with van der Waals surface area (Å²) in [5, 5.41) is 6.89. The molecule has 0 amide bonds. The molecule has 0 aliphatic heterocycles. The Morgan fingerprint density at radius 2 is 1.95 bits per heavy atom. The molecule has 1 N–H and O–H groups in total. The maximum Gasteiger partial charge on any atom is 0.118 e. The average molecular weight is 304 g/mol. The van der Waals surface area contributed by atoms with Gasteiger partial charge < -0.3 is 10.1 Å². The normalized spacial score (nSPS) is 13.9. The number of benzene rings is 1. The summed E-state index contributed by atoms with van der Waals surface area (Å²) in [6.07, 6.45) is 0.990. The number of methoxy groups -OCH3 is 1. The Morgan fingerprint density at radius 1 is 1.24 bits per heavy atom. The lowest BCUT2D eigenvalue weighted by molar-refractivity contribution is 0.414. The number of aromatic nitrogens is 1. The van der Waals surface area contributed by atoms with Gasteiger partial charge in [0.05, 0.1) is 17.8 Å². The Kier molecular flexibility index (Phi) is 5.76. The van der Waals surface area contributed by atoms with Gasteiger partial charge in [0, 0.05) is 24.4 Å². The minimum atomic E-state index is 0.429. The van der Waals surface area contributed by atoms with Crippen LogP contribution < -0.4 is 10.1 Å². The van der Waals surface area contributed by atoms with Crippen molar-refractivity contribution in [2.24, 2.45) is 0 Å². The largest absolute Gasteiger partial charge is 0.497 e. The fourth-order valence-electron chi connectivity index (χ4n) is 2.32. The van der Waals surface area contributed by atoms with Gasteiger partial charge >= 0.3 is 0 Å². The van der Waals surface area contributed by atoms with E-state index in [1.807, 2.05) is 12.1 Å². The van der Waals surface area contributed by atoms with Crippen molar-refractivity contribution in [2.75, 3.05) is 13.7 Å². The number of thiazole rings is 1. The maximum atomic E-state index is 5.20. The monoisotopic (exact) mass is 304 g/mol. The first kappa shape index (κ1) is 16.0. The zero-order valence-corrected chi connectivity index (χ0v) is 14.0. The van der Waals surface area contributed by atoms with Gasteiger partial charge in [0.25, 0.3) is 0 Å². The third kappa shape index (κ3) is 4.55. The number of nitrogens with zero attached hydrogens (tertiary/aromatic N) is 1. The number of ether oxygens (including phenoxy) is 1. The molecule has 0 saturated heterocycles. The predicted octanol–water partition coefficient (Wildman–Crippen LogP) is 3.78. The van der Waals surface area contributed by atoms with E-state index >= 15 is 0 Å². The molecular weight excluding hydrogens is 280 g/mol. The molecule has 1 aromatic carbocycles. The minimum absolute atomic E-state index is 0.429. The highest BCUT2D eigenvalue weighted by Gasteiger charge is 2.13. The van der Waals surface area contributed by atoms with Crippen molar-refractivity contribution >= 4 is 11.3 Å². The highest BCUT2D eigenvalue weighted by Crippen LogP contribution is 2.22. The lowest BCUT2D eigenvalue weighted by Crippen LogP contribution is -2.32. The van der Waals surface area contributed by atoms with E-state index in [-0.39, 0.29) is 0 Å². The van der Waals surface area contributed by atoms with Crippen molar-refractivity contribution < 1.29 is 4.74 Å². The predicted molar refractivity (Wildman–Crippen MR) is 89.4 cm³/mol. The van der Waals surface area contributed by atoms with Gasteiger partial charge in [0.2, 0.25) is 0 Å². The summed E-state index contributed by atoms with van der Waals surface area (Å²) in [6, 6.07) is 8.77. The van der Waals surface area contributed by atoms with Crippen LogP contribution in [0.15, 0.2) is 29.6 Å². The van der Waals surface area contributed by atoms with Gasteiger partial charge in [0.15, 0.2) is 0 Å². The molecule has 0 fully saturated rings. The third-order valence-corrected chi connectivity index (χ3v) is 4.73. The van der Waals surface area contributed by atoms with Crippen molar-refractivity contribution in [1.82, 2.24) is 10.3 Å². The fourth-order valence-corrected chi connectivity index (χ4v) is 2.97. The molecule has 0 aliphatic rings. The summed E-state index contributed by atoms with van der Waals surface area (Å²) in [5.74, 6) is 1.37. The molecule has 2 rings (SSSR count). The van der Waals surface area contributed by atoms with Gasteiger partial charge in [-0.15, -0.1) is 11.3 Å². The first-order valence-electron chi connectivity index (χ1n) is 7.38. The van der Waals surface area contributed by atoms with E-state index in [9.17, 15) is 0 Å². The van der Waals surface area contributed by atoms with Crippen molar-refractivity contribution in [3.05, 3.63) is 45.9 Å². The van der Waals surface area contributed by atoms with Gasteiger partial charge in [-0.2, -0.15) is 0 Å². The summed E-state index contributed by atoms with van der Waals surface area (Å²) >= 11 is 1.72. The zero-order chi connectivity index (χ0) is 15.2. The van der Waals surface area contributed by atoms with Gasteiger partial charge in [-0.3, -0.25) is 0 Å². The van der Waals surface area contributed by atoms with Gasteiger partial charge in [-0.05, 0) is 37.5 Å². The van der Waals surface area contributed by atoms with Crippen molar-refractivity contribution in [1.29, 1.82) is 0 Å². The molecule has 114 valence electrons. The van der Waals surface area contributed by atoms with Crippen LogP contribution in [0.4, 0.5) is 0 Å². The summed E-state index contributed by atoms with van der Waals surface area (Å²) in [5.41, 5.74) is 2.52. The zero-order valence-electron chi connectivity index (χ0n) is 13.2. The van der Waals surface area contributed by atoms with Crippen LogP contribution in [-0.4, -0.2) is 24.7 Å². The Hall–Kier alpha value is -1.39. The fraction of sp³-hybridized carbons (Fsp3) is 0.471. The second-order valence-electron chi connectivity index (χ2n) is 5.41. The van der Waals surface area contributed by atoms with Crippen molar-refractivity contribution in [3.8, 4) is 5.75 Å². The molecule has 3 nitrogen and oxygen atoms in total. The lowest BCUT2D eigenvalue weighted by Gasteiger charge is -2.22. The average Bonchev–Trinajstić information content (AvgIpc) is 2.92. The Bertz CT molecular complexity index is 550. The number of nitrogens with one attached hydrogen (secondary N) is 1. The molecule has 21 heavy (non-hydrogen) atoms. The van der Waals surface area contributed by atoms with E-state index in [0.29, 0.717) is 12.0 Å². The van der Waals surface area contributed by atoms with E-state index < -0.39 is 0 Å². The van der Waals surface area contributed by atoms with Crippen LogP contribution in [0.25, 0.3) is 0 Å². The van der Waals surface area contributed by atoms with Gasteiger partial charge in [0.1, 0.15) is 5.75 Å². The Balaban J connectivity index is 1.82. The Morgan fingerprint density at radius 3 is 2.52 bits per heavy atom. The van der Waals surface area contributed by atoms with Crippen LogP contribution in [0.5, 0.6) is 5.75 Å². The molecule has 0 bridgehead atoms. The topological polar surface area (TPSA) is 34.1 Å². The Labute approximate surface area is 131 Å². The molecule has 0 saturated carbocycles. The quantitative estimate of drug-likeness (QED) is 0.845. The van der Waals surface area contributed by atoms with E-state index in [0.717, 1.165) is 23.7 Å². The van der Waals surface area contributed by atoms with Crippen LogP contribution in [0.2, 0.25) is 0 Å². The minimum Gasteiger partial charge on any atom is -0.497 e. The van der Waals surface area contributed by atoms with Crippen LogP contribution >= 0.6 is 11.3 Å². The molecule has 0 unspecified atom stereocenters. The van der Waals surface area contributed by atoms with Crippen molar-refractivity contribution in [3.63, 3.8) is 0 Å². The number of rotatable bonds is 7.